The Morgan fingerprint density at radius 1 is 1.00 bits per heavy atom. The van der Waals surface area contributed by atoms with E-state index in [0.717, 1.165) is 39.4 Å². The number of fused-ring (bicyclic) bond motifs is 1. The summed E-state index contributed by atoms with van der Waals surface area (Å²) >= 11 is 0. The molecule has 1 aromatic carbocycles. The number of benzene rings is 1. The zero-order chi connectivity index (χ0) is 16.9. The molecular weight excluding hydrogens is 310 g/mol. The summed E-state index contributed by atoms with van der Waals surface area (Å²) in [4.78, 5) is 9.51. The van der Waals surface area contributed by atoms with Gasteiger partial charge in [0.2, 0.25) is 0 Å². The minimum Gasteiger partial charge on any atom is -0.380 e. The quantitative estimate of drug-likeness (QED) is 0.858. The molecular formula is C21H27N3O. The van der Waals surface area contributed by atoms with E-state index in [1.165, 1.54) is 24.1 Å². The highest BCUT2D eigenvalue weighted by Gasteiger charge is 2.35. The van der Waals surface area contributed by atoms with E-state index < -0.39 is 0 Å². The molecule has 2 aromatic rings. The van der Waals surface area contributed by atoms with Gasteiger partial charge in [-0.05, 0) is 30.2 Å². The highest BCUT2D eigenvalue weighted by atomic mass is 16.5. The number of hydrogen-bond acceptors (Lipinski definition) is 4. The van der Waals surface area contributed by atoms with Crippen molar-refractivity contribution >= 4 is 0 Å². The summed E-state index contributed by atoms with van der Waals surface area (Å²) in [7, 11) is 0. The van der Waals surface area contributed by atoms with Gasteiger partial charge >= 0.3 is 0 Å². The lowest BCUT2D eigenvalue weighted by molar-refractivity contribution is 0.0444. The zero-order valence-electron chi connectivity index (χ0n) is 14.8. The second kappa shape index (κ2) is 8.09. The van der Waals surface area contributed by atoms with Crippen LogP contribution in [0.3, 0.4) is 0 Å². The predicted octanol–water partition coefficient (Wildman–Crippen LogP) is 2.80. The van der Waals surface area contributed by atoms with E-state index in [4.69, 9.17) is 4.74 Å². The summed E-state index contributed by atoms with van der Waals surface area (Å²) in [6.07, 6.45) is 5.06. The molecule has 2 saturated heterocycles. The third-order valence-corrected chi connectivity index (χ3v) is 5.49. The van der Waals surface area contributed by atoms with Crippen molar-refractivity contribution in [1.82, 2.24) is 14.8 Å². The molecule has 0 bridgehead atoms. The number of ether oxygens (including phenoxy) is 1. The van der Waals surface area contributed by atoms with Crippen molar-refractivity contribution in [2.45, 2.75) is 25.6 Å². The fourth-order valence-corrected chi connectivity index (χ4v) is 4.14. The van der Waals surface area contributed by atoms with E-state index in [1.807, 2.05) is 18.5 Å². The maximum absolute atomic E-state index is 5.91. The molecule has 2 aliphatic heterocycles. The van der Waals surface area contributed by atoms with E-state index in [9.17, 15) is 0 Å². The topological polar surface area (TPSA) is 28.6 Å². The van der Waals surface area contributed by atoms with Crippen molar-refractivity contribution in [2.24, 2.45) is 5.92 Å². The van der Waals surface area contributed by atoms with Crippen LogP contribution >= 0.6 is 0 Å². The van der Waals surface area contributed by atoms with Gasteiger partial charge in [0.25, 0.3) is 0 Å². The van der Waals surface area contributed by atoms with Crippen molar-refractivity contribution in [3.8, 4) is 0 Å². The maximum atomic E-state index is 5.91. The monoisotopic (exact) mass is 337 g/mol. The second-order valence-electron chi connectivity index (χ2n) is 7.24. The van der Waals surface area contributed by atoms with Crippen LogP contribution in [0.15, 0.2) is 54.9 Å². The van der Waals surface area contributed by atoms with Crippen LogP contribution in [0.1, 0.15) is 17.5 Å². The Bertz CT molecular complexity index is 649. The van der Waals surface area contributed by atoms with Crippen LogP contribution < -0.4 is 0 Å². The molecule has 25 heavy (non-hydrogen) atoms. The Morgan fingerprint density at radius 2 is 1.88 bits per heavy atom. The van der Waals surface area contributed by atoms with Crippen molar-refractivity contribution in [1.29, 1.82) is 0 Å². The van der Waals surface area contributed by atoms with Crippen molar-refractivity contribution in [3.63, 3.8) is 0 Å². The molecule has 0 radical (unpaired) electrons. The second-order valence-corrected chi connectivity index (χ2v) is 7.24. The lowest BCUT2D eigenvalue weighted by Gasteiger charge is -2.42. The van der Waals surface area contributed by atoms with Gasteiger partial charge in [0.1, 0.15) is 0 Å². The van der Waals surface area contributed by atoms with Gasteiger partial charge in [0.15, 0.2) is 0 Å². The molecule has 2 aliphatic rings. The first-order valence-corrected chi connectivity index (χ1v) is 9.35. The standard InChI is InChI=1S/C21H27N3O/c1-2-5-18(6-3-1)14-23-10-8-20-17-25-12-11-24(21(20)16-23)15-19-7-4-9-22-13-19/h1-7,9,13,20-21H,8,10-12,14-17H2/t20-,21-/m1/s1. The molecule has 0 spiro atoms. The van der Waals surface area contributed by atoms with Gasteiger partial charge in [-0.3, -0.25) is 14.8 Å². The number of likely N-dealkylation sites (tertiary alicyclic amines) is 1. The first-order chi connectivity index (χ1) is 12.4. The Morgan fingerprint density at radius 3 is 2.72 bits per heavy atom. The van der Waals surface area contributed by atoms with Gasteiger partial charge in [-0.15, -0.1) is 0 Å². The van der Waals surface area contributed by atoms with E-state index in [-0.39, 0.29) is 0 Å². The van der Waals surface area contributed by atoms with E-state index in [2.05, 4.69) is 51.2 Å². The summed E-state index contributed by atoms with van der Waals surface area (Å²) in [6.45, 7) is 7.07. The van der Waals surface area contributed by atoms with E-state index in [0.29, 0.717) is 12.0 Å². The minimum atomic E-state index is 0.570. The van der Waals surface area contributed by atoms with Crippen LogP contribution in [0, 0.1) is 5.92 Å². The normalized spacial score (nSPS) is 25.3. The number of piperidine rings is 1. The van der Waals surface area contributed by atoms with Gasteiger partial charge in [0, 0.05) is 50.5 Å². The maximum Gasteiger partial charge on any atom is 0.0593 e. The first kappa shape index (κ1) is 16.7. The van der Waals surface area contributed by atoms with Gasteiger partial charge in [-0.25, -0.2) is 0 Å². The Labute approximate surface area is 150 Å². The molecule has 2 atom stereocenters. The van der Waals surface area contributed by atoms with Crippen LogP contribution in [-0.2, 0) is 17.8 Å². The summed E-state index contributed by atoms with van der Waals surface area (Å²) in [5.41, 5.74) is 2.70. The highest BCUT2D eigenvalue weighted by Crippen LogP contribution is 2.27. The molecule has 4 heteroatoms. The van der Waals surface area contributed by atoms with Crippen molar-refractivity contribution < 1.29 is 4.74 Å². The summed E-state index contributed by atoms with van der Waals surface area (Å²) in [5, 5.41) is 0. The molecule has 1 aromatic heterocycles. The van der Waals surface area contributed by atoms with Gasteiger partial charge in [-0.1, -0.05) is 36.4 Å². The average Bonchev–Trinajstić information content (AvgIpc) is 2.86. The highest BCUT2D eigenvalue weighted by molar-refractivity contribution is 5.15. The molecule has 0 unspecified atom stereocenters. The SMILES string of the molecule is c1ccc(CN2CC[C@@H]3COCCN(Cc4cccnc4)[C@@H]3C2)cc1. The van der Waals surface area contributed by atoms with Crippen molar-refractivity contribution in [3.05, 3.63) is 66.0 Å². The summed E-state index contributed by atoms with van der Waals surface area (Å²) < 4.78 is 5.91. The van der Waals surface area contributed by atoms with Crippen LogP contribution in [0.2, 0.25) is 0 Å². The Balaban J connectivity index is 1.46. The predicted molar refractivity (Wildman–Crippen MR) is 99.1 cm³/mol. The van der Waals surface area contributed by atoms with Crippen LogP contribution in [0.25, 0.3) is 0 Å². The Hall–Kier alpha value is -1.75. The molecule has 132 valence electrons. The summed E-state index contributed by atoms with van der Waals surface area (Å²) in [5.74, 6) is 0.645. The summed E-state index contributed by atoms with van der Waals surface area (Å²) in [6, 6.07) is 15.6. The number of hydrogen-bond donors (Lipinski definition) is 0. The van der Waals surface area contributed by atoms with Crippen LogP contribution in [0.4, 0.5) is 0 Å². The lowest BCUT2D eigenvalue weighted by atomic mass is 9.90. The third kappa shape index (κ3) is 4.27. The van der Waals surface area contributed by atoms with Crippen LogP contribution in [0.5, 0.6) is 0 Å². The van der Waals surface area contributed by atoms with E-state index in [1.54, 1.807) is 0 Å². The van der Waals surface area contributed by atoms with Gasteiger partial charge in [0.05, 0.1) is 13.2 Å². The van der Waals surface area contributed by atoms with Crippen LogP contribution in [-0.4, -0.2) is 53.7 Å². The number of aromatic nitrogens is 1. The smallest absolute Gasteiger partial charge is 0.0593 e. The molecule has 4 rings (SSSR count). The van der Waals surface area contributed by atoms with Gasteiger partial charge in [-0.2, -0.15) is 0 Å². The molecule has 4 nitrogen and oxygen atoms in total. The van der Waals surface area contributed by atoms with Crippen molar-refractivity contribution in [2.75, 3.05) is 32.8 Å². The lowest BCUT2D eigenvalue weighted by Crippen LogP contribution is -2.52. The molecule has 3 heterocycles. The molecule has 0 N–H and O–H groups in total. The number of pyridine rings is 1. The molecule has 0 aliphatic carbocycles. The first-order valence-electron chi connectivity index (χ1n) is 9.35. The average molecular weight is 337 g/mol. The zero-order valence-corrected chi connectivity index (χ0v) is 14.8. The molecule has 2 fully saturated rings. The minimum absolute atomic E-state index is 0.570. The third-order valence-electron chi connectivity index (χ3n) is 5.49. The molecule has 0 saturated carbocycles. The fraction of sp³-hybridized carbons (Fsp3) is 0.476. The van der Waals surface area contributed by atoms with Gasteiger partial charge < -0.3 is 4.74 Å². The molecule has 0 amide bonds. The largest absolute Gasteiger partial charge is 0.380 e. The Kier molecular flexibility index (Phi) is 5.40. The fourth-order valence-electron chi connectivity index (χ4n) is 4.14. The number of nitrogens with zero attached hydrogens (tertiary/aromatic N) is 3. The number of rotatable bonds is 4. The van der Waals surface area contributed by atoms with E-state index >= 15 is 0 Å².